The van der Waals surface area contributed by atoms with Crippen LogP contribution in [0, 0.1) is 17.3 Å². The maximum atomic E-state index is 13.1. The molecule has 0 aromatic carbocycles. The molecule has 3 rings (SSSR count). The number of allylic oxidation sites excluding steroid dienone is 7. The van der Waals surface area contributed by atoms with Gasteiger partial charge >= 0.3 is 6.18 Å². The summed E-state index contributed by atoms with van der Waals surface area (Å²) in [7, 11) is 0. The number of hydrogen-bond acceptors (Lipinski definition) is 3. The van der Waals surface area contributed by atoms with Crippen molar-refractivity contribution in [3.8, 4) is 0 Å². The van der Waals surface area contributed by atoms with Crippen LogP contribution in [0.15, 0.2) is 64.2 Å². The van der Waals surface area contributed by atoms with Crippen LogP contribution < -0.4 is 0 Å². The number of halogens is 3. The van der Waals surface area contributed by atoms with E-state index in [0.717, 1.165) is 37.3 Å². The molecule has 0 aromatic rings. The molecular weight excluding hydrogens is 439 g/mol. The van der Waals surface area contributed by atoms with Gasteiger partial charge in [-0.05, 0) is 79.9 Å². The highest BCUT2D eigenvalue weighted by molar-refractivity contribution is 5.99. The molecule has 5 atom stereocenters. The average molecular weight is 478 g/mol. The number of rotatable bonds is 6. The Morgan fingerprint density at radius 1 is 1.32 bits per heavy atom. The van der Waals surface area contributed by atoms with E-state index in [9.17, 15) is 23.4 Å². The number of hydrogen-bond donors (Lipinski definition) is 2. The van der Waals surface area contributed by atoms with Crippen LogP contribution in [-0.2, 0) is 0 Å². The Hall–Kier alpha value is -1.92. The van der Waals surface area contributed by atoms with Gasteiger partial charge < -0.3 is 10.2 Å². The van der Waals surface area contributed by atoms with Crippen LogP contribution >= 0.6 is 0 Å². The summed E-state index contributed by atoms with van der Waals surface area (Å²) in [6, 6.07) is 0. The third kappa shape index (κ3) is 5.83. The summed E-state index contributed by atoms with van der Waals surface area (Å²) < 4.78 is 39.3. The van der Waals surface area contributed by atoms with Gasteiger partial charge in [0, 0.05) is 13.0 Å². The maximum absolute atomic E-state index is 13.1. The third-order valence-electron chi connectivity index (χ3n) is 7.79. The zero-order chi connectivity index (χ0) is 25.1. The predicted molar refractivity (Wildman–Crippen MR) is 132 cm³/mol. The van der Waals surface area contributed by atoms with E-state index in [1.54, 1.807) is 13.0 Å². The lowest BCUT2D eigenvalue weighted by molar-refractivity contribution is -0.0578. The molecule has 188 valence electrons. The molecule has 34 heavy (non-hydrogen) atoms. The fourth-order valence-electron chi connectivity index (χ4n) is 6.00. The smallest absolute Gasteiger partial charge is 0.393 e. The van der Waals surface area contributed by atoms with E-state index in [2.05, 4.69) is 37.6 Å². The van der Waals surface area contributed by atoms with Gasteiger partial charge in [-0.2, -0.15) is 13.2 Å². The molecule has 2 saturated carbocycles. The highest BCUT2D eigenvalue weighted by Gasteiger charge is 2.45. The van der Waals surface area contributed by atoms with Crippen LogP contribution in [-0.4, -0.2) is 40.9 Å². The Morgan fingerprint density at radius 2 is 2.06 bits per heavy atom. The van der Waals surface area contributed by atoms with Crippen LogP contribution in [0.4, 0.5) is 13.2 Å². The van der Waals surface area contributed by atoms with Gasteiger partial charge in [-0.3, -0.25) is 4.99 Å². The van der Waals surface area contributed by atoms with Gasteiger partial charge in [0.05, 0.1) is 12.2 Å². The van der Waals surface area contributed by atoms with Gasteiger partial charge in [0.25, 0.3) is 0 Å². The first-order valence-corrected chi connectivity index (χ1v) is 12.4. The Labute approximate surface area is 201 Å². The predicted octanol–water partition coefficient (Wildman–Crippen LogP) is 6.65. The fraction of sp³-hybridized carbons (Fsp3) is 0.607. The minimum Gasteiger partial charge on any atom is -0.393 e. The zero-order valence-corrected chi connectivity index (χ0v) is 20.5. The van der Waals surface area contributed by atoms with E-state index in [1.807, 2.05) is 6.08 Å². The van der Waals surface area contributed by atoms with Gasteiger partial charge in [-0.15, -0.1) is 0 Å². The molecular formula is C28H38F3NO2. The van der Waals surface area contributed by atoms with Crippen LogP contribution in [0.25, 0.3) is 0 Å². The molecule has 0 radical (unpaired) electrons. The van der Waals surface area contributed by atoms with E-state index < -0.39 is 24.1 Å². The van der Waals surface area contributed by atoms with E-state index in [4.69, 9.17) is 0 Å². The van der Waals surface area contributed by atoms with E-state index in [1.165, 1.54) is 11.1 Å². The molecule has 0 spiro atoms. The van der Waals surface area contributed by atoms with E-state index >= 15 is 0 Å². The minimum absolute atomic E-state index is 0.00279. The molecule has 3 aliphatic carbocycles. The summed E-state index contributed by atoms with van der Waals surface area (Å²) in [6.07, 6.45) is 9.02. The Kier molecular flexibility index (Phi) is 8.46. The van der Waals surface area contributed by atoms with Gasteiger partial charge in [0.2, 0.25) is 0 Å². The topological polar surface area (TPSA) is 52.8 Å². The van der Waals surface area contributed by atoms with Crippen LogP contribution in [0.1, 0.15) is 65.7 Å². The van der Waals surface area contributed by atoms with Crippen molar-refractivity contribution in [1.82, 2.24) is 0 Å². The molecule has 0 aromatic heterocycles. The molecule has 0 amide bonds. The number of aliphatic hydroxyl groups is 2. The summed E-state index contributed by atoms with van der Waals surface area (Å²) in [4.78, 5) is 3.59. The van der Waals surface area contributed by atoms with Crippen molar-refractivity contribution in [1.29, 1.82) is 0 Å². The first kappa shape index (κ1) is 26.7. The lowest BCUT2D eigenvalue weighted by atomic mass is 9.62. The fourth-order valence-corrected chi connectivity index (χ4v) is 6.00. The summed E-state index contributed by atoms with van der Waals surface area (Å²) >= 11 is 0. The Morgan fingerprint density at radius 3 is 2.74 bits per heavy atom. The van der Waals surface area contributed by atoms with Crippen molar-refractivity contribution in [3.05, 3.63) is 59.3 Å². The summed E-state index contributed by atoms with van der Waals surface area (Å²) in [5.74, 6) is 0.530. The summed E-state index contributed by atoms with van der Waals surface area (Å²) in [5.41, 5.74) is 3.49. The number of fused-ring (bicyclic) bond motifs is 1. The highest BCUT2D eigenvalue weighted by Crippen LogP contribution is 2.57. The maximum Gasteiger partial charge on any atom is 0.432 e. The Balaban J connectivity index is 1.73. The molecule has 3 aliphatic rings. The third-order valence-corrected chi connectivity index (χ3v) is 7.79. The van der Waals surface area contributed by atoms with Crippen molar-refractivity contribution in [2.45, 2.75) is 84.1 Å². The quantitative estimate of drug-likeness (QED) is 0.332. The number of aliphatic imine (C=N–C) groups is 1. The van der Waals surface area contributed by atoms with E-state index in [-0.39, 0.29) is 17.9 Å². The largest absolute Gasteiger partial charge is 0.432 e. The standard InChI is InChI=1S/C28H38F3NO2/c1-5-32-26(28(29,30)31)10-6-8-18(2)23-13-14-24-20(9-7-15-27(23,24)4)11-12-21-16-22(33)17-25(34)19(21)3/h6,10-13,18,22,24-25,33-34H,3,5,7-9,14-17H2,1-2,4H3/b10-6+,20-11+,21-12-,32-26?/t18-,22+,24-,25-,27+/m0/s1. The lowest BCUT2D eigenvalue weighted by Gasteiger charge is -2.42. The number of alkyl halides is 3. The van der Waals surface area contributed by atoms with Gasteiger partial charge in [0.15, 0.2) is 0 Å². The van der Waals surface area contributed by atoms with Crippen LogP contribution in [0.3, 0.4) is 0 Å². The molecule has 6 heteroatoms. The van der Waals surface area contributed by atoms with Crippen molar-refractivity contribution >= 4 is 5.71 Å². The summed E-state index contributed by atoms with van der Waals surface area (Å²) in [6.45, 7) is 10.1. The second kappa shape index (κ2) is 10.8. The lowest BCUT2D eigenvalue weighted by Crippen LogP contribution is -2.32. The monoisotopic (exact) mass is 477 g/mol. The average Bonchev–Trinajstić information content (AvgIpc) is 3.11. The van der Waals surface area contributed by atoms with Crippen LogP contribution in [0.5, 0.6) is 0 Å². The number of nitrogens with zero attached hydrogens (tertiary/aromatic N) is 1. The second-order valence-corrected chi connectivity index (χ2v) is 10.2. The second-order valence-electron chi connectivity index (χ2n) is 10.2. The van der Waals surface area contributed by atoms with Crippen molar-refractivity contribution in [2.75, 3.05) is 6.54 Å². The molecule has 0 saturated heterocycles. The first-order chi connectivity index (χ1) is 16.0. The first-order valence-electron chi connectivity index (χ1n) is 12.4. The molecule has 0 heterocycles. The van der Waals surface area contributed by atoms with Crippen molar-refractivity contribution in [3.63, 3.8) is 0 Å². The van der Waals surface area contributed by atoms with Gasteiger partial charge in [-0.1, -0.05) is 55.9 Å². The minimum atomic E-state index is -4.42. The normalized spacial score (nSPS) is 34.1. The molecule has 0 bridgehead atoms. The van der Waals surface area contributed by atoms with Crippen molar-refractivity contribution in [2.24, 2.45) is 22.2 Å². The molecule has 3 nitrogen and oxygen atoms in total. The van der Waals surface area contributed by atoms with Gasteiger partial charge in [-0.25, -0.2) is 0 Å². The molecule has 0 aliphatic heterocycles. The molecule has 2 fully saturated rings. The van der Waals surface area contributed by atoms with Gasteiger partial charge in [0.1, 0.15) is 5.71 Å². The molecule has 0 unspecified atom stereocenters. The SMILES string of the molecule is C=C1/C(=C\C=C2/CCC[C@]3(C)C([C@@H](C)C/C=C/C(=NCC)C(F)(F)F)=CC[C@@H]23)C[C@@H](O)C[C@@H]1O. The Bertz CT molecular complexity index is 924. The zero-order valence-electron chi connectivity index (χ0n) is 20.5. The van der Waals surface area contributed by atoms with Crippen LogP contribution in [0.2, 0.25) is 0 Å². The summed E-state index contributed by atoms with van der Waals surface area (Å²) in [5, 5.41) is 20.1. The number of aliphatic hydroxyl groups excluding tert-OH is 2. The van der Waals surface area contributed by atoms with Crippen molar-refractivity contribution < 1.29 is 23.4 Å². The molecule has 2 N–H and O–H groups in total. The highest BCUT2D eigenvalue weighted by atomic mass is 19.4. The van der Waals surface area contributed by atoms with E-state index in [0.29, 0.717) is 30.8 Å².